The number of hydrogen-bond acceptors (Lipinski definition) is 4. The molecule has 0 bridgehead atoms. The molecule has 1 heterocycles. The number of rotatable bonds is 4. The van der Waals surface area contributed by atoms with Crippen LogP contribution in [0.2, 0.25) is 0 Å². The number of fused-ring (bicyclic) bond motifs is 1. The molecule has 1 fully saturated rings. The zero-order chi connectivity index (χ0) is 14.1. The highest BCUT2D eigenvalue weighted by molar-refractivity contribution is 6.00. The van der Waals surface area contributed by atoms with Crippen LogP contribution in [-0.2, 0) is 4.79 Å². The van der Waals surface area contributed by atoms with Gasteiger partial charge in [0.15, 0.2) is 5.75 Å². The molecule has 0 saturated heterocycles. The van der Waals surface area contributed by atoms with Gasteiger partial charge in [0, 0.05) is 12.6 Å². The second kappa shape index (κ2) is 5.03. The van der Waals surface area contributed by atoms with Crippen molar-refractivity contribution in [1.29, 1.82) is 0 Å². The van der Waals surface area contributed by atoms with Gasteiger partial charge in [0.05, 0.1) is 11.3 Å². The molecule has 3 rings (SSSR count). The van der Waals surface area contributed by atoms with Crippen LogP contribution in [0.1, 0.15) is 23.2 Å². The Morgan fingerprint density at radius 2 is 2.20 bits per heavy atom. The lowest BCUT2D eigenvalue weighted by Crippen LogP contribution is -2.38. The lowest BCUT2D eigenvalue weighted by molar-refractivity contribution is -0.137. The number of carbonyl (C=O) groups is 2. The minimum atomic E-state index is -0.992. The van der Waals surface area contributed by atoms with Gasteiger partial charge in [-0.1, -0.05) is 6.07 Å². The van der Waals surface area contributed by atoms with Crippen LogP contribution in [-0.4, -0.2) is 47.6 Å². The number of benzene rings is 1. The van der Waals surface area contributed by atoms with Gasteiger partial charge in [-0.15, -0.1) is 0 Å². The van der Waals surface area contributed by atoms with Crippen LogP contribution >= 0.6 is 0 Å². The summed E-state index contributed by atoms with van der Waals surface area (Å²) in [6.45, 7) is 0.937. The van der Waals surface area contributed by atoms with E-state index in [1.54, 1.807) is 12.1 Å². The van der Waals surface area contributed by atoms with Crippen molar-refractivity contribution in [2.24, 2.45) is 0 Å². The molecule has 20 heavy (non-hydrogen) atoms. The summed E-state index contributed by atoms with van der Waals surface area (Å²) < 4.78 is 5.57. The third-order valence-electron chi connectivity index (χ3n) is 3.46. The Labute approximate surface area is 116 Å². The van der Waals surface area contributed by atoms with E-state index in [0.717, 1.165) is 18.5 Å². The quantitative estimate of drug-likeness (QED) is 0.863. The Morgan fingerprint density at radius 3 is 2.90 bits per heavy atom. The lowest BCUT2D eigenvalue weighted by atomic mass is 10.1. The monoisotopic (exact) mass is 276 g/mol. The van der Waals surface area contributed by atoms with E-state index in [1.165, 1.54) is 4.90 Å². The molecule has 106 valence electrons. The van der Waals surface area contributed by atoms with E-state index in [2.05, 4.69) is 5.32 Å². The maximum Gasteiger partial charge on any atom is 0.323 e. The maximum atomic E-state index is 12.6. The van der Waals surface area contributed by atoms with Gasteiger partial charge in [-0.3, -0.25) is 9.59 Å². The highest BCUT2D eigenvalue weighted by atomic mass is 16.5. The second-order valence-electron chi connectivity index (χ2n) is 5.02. The highest BCUT2D eigenvalue weighted by Gasteiger charge is 2.35. The zero-order valence-corrected chi connectivity index (χ0v) is 11.0. The predicted octanol–water partition coefficient (Wildman–Crippen LogP) is 1.18. The molecule has 2 N–H and O–H groups in total. The first-order chi connectivity index (χ1) is 9.66. The van der Waals surface area contributed by atoms with Crippen LogP contribution in [0, 0.1) is 0 Å². The summed E-state index contributed by atoms with van der Waals surface area (Å²) in [6.07, 6.45) is 1.74. The number of carboxylic acids is 1. The van der Waals surface area contributed by atoms with Crippen LogP contribution in [0.15, 0.2) is 18.2 Å². The molecule has 1 saturated carbocycles. The molecule has 1 aromatic carbocycles. The molecule has 1 amide bonds. The number of nitrogens with zero attached hydrogens (tertiary/aromatic N) is 1. The third kappa shape index (κ3) is 2.41. The molecule has 6 heteroatoms. The molecule has 2 aliphatic rings. The average Bonchev–Trinajstić information content (AvgIpc) is 3.28. The number of aliphatic carboxylic acids is 1. The number of carboxylic acid groups (broad SMARTS) is 1. The molecular weight excluding hydrogens is 260 g/mol. The summed E-state index contributed by atoms with van der Waals surface area (Å²) in [7, 11) is 0. The Kier molecular flexibility index (Phi) is 3.22. The summed E-state index contributed by atoms with van der Waals surface area (Å²) >= 11 is 0. The van der Waals surface area contributed by atoms with Crippen molar-refractivity contribution in [3.05, 3.63) is 23.8 Å². The SMILES string of the molecule is O=C(O)CN(C(=O)c1cccc2c1OCCN2)C1CC1. The van der Waals surface area contributed by atoms with Gasteiger partial charge >= 0.3 is 5.97 Å². The fraction of sp³-hybridized carbons (Fsp3) is 0.429. The van der Waals surface area contributed by atoms with Gasteiger partial charge in [0.2, 0.25) is 0 Å². The van der Waals surface area contributed by atoms with Gasteiger partial charge in [-0.2, -0.15) is 0 Å². The minimum Gasteiger partial charge on any atom is -0.489 e. The summed E-state index contributed by atoms with van der Waals surface area (Å²) in [5, 5.41) is 12.1. The Balaban J connectivity index is 1.91. The number of amides is 1. The predicted molar refractivity (Wildman–Crippen MR) is 72.1 cm³/mol. The standard InChI is InChI=1S/C14H16N2O4/c17-12(18)8-16(9-4-5-9)14(19)10-2-1-3-11-13(10)20-7-6-15-11/h1-3,9,15H,4-8H2,(H,17,18). The topological polar surface area (TPSA) is 78.9 Å². The molecule has 0 atom stereocenters. The van der Waals surface area contributed by atoms with Crippen molar-refractivity contribution in [1.82, 2.24) is 4.90 Å². The molecule has 1 aromatic rings. The molecule has 0 unspecified atom stereocenters. The van der Waals surface area contributed by atoms with Crippen LogP contribution in [0.5, 0.6) is 5.75 Å². The summed E-state index contributed by atoms with van der Waals surface area (Å²) in [5.74, 6) is -0.732. The fourth-order valence-corrected chi connectivity index (χ4v) is 2.39. The Hall–Kier alpha value is -2.24. The second-order valence-corrected chi connectivity index (χ2v) is 5.02. The molecule has 6 nitrogen and oxygen atoms in total. The summed E-state index contributed by atoms with van der Waals surface area (Å²) in [4.78, 5) is 24.9. The third-order valence-corrected chi connectivity index (χ3v) is 3.46. The van der Waals surface area contributed by atoms with Crippen molar-refractivity contribution in [3.8, 4) is 5.75 Å². The summed E-state index contributed by atoms with van der Waals surface area (Å²) in [5.41, 5.74) is 1.22. The van der Waals surface area contributed by atoms with E-state index < -0.39 is 5.97 Å². The number of para-hydroxylation sites is 1. The van der Waals surface area contributed by atoms with Crippen LogP contribution in [0.4, 0.5) is 5.69 Å². The molecular formula is C14H16N2O4. The van der Waals surface area contributed by atoms with E-state index in [0.29, 0.717) is 24.5 Å². The van der Waals surface area contributed by atoms with Gasteiger partial charge in [-0.05, 0) is 25.0 Å². The van der Waals surface area contributed by atoms with Crippen LogP contribution in [0.3, 0.4) is 0 Å². The van der Waals surface area contributed by atoms with E-state index in [1.807, 2.05) is 6.07 Å². The first-order valence-electron chi connectivity index (χ1n) is 6.69. The average molecular weight is 276 g/mol. The first-order valence-corrected chi connectivity index (χ1v) is 6.69. The first kappa shape index (κ1) is 12.8. The maximum absolute atomic E-state index is 12.6. The van der Waals surface area contributed by atoms with Gasteiger partial charge in [-0.25, -0.2) is 0 Å². The van der Waals surface area contributed by atoms with Crippen molar-refractivity contribution < 1.29 is 19.4 Å². The number of nitrogens with one attached hydrogen (secondary N) is 1. The smallest absolute Gasteiger partial charge is 0.323 e. The number of carbonyl (C=O) groups excluding carboxylic acids is 1. The molecule has 0 radical (unpaired) electrons. The van der Waals surface area contributed by atoms with Crippen molar-refractivity contribution >= 4 is 17.6 Å². The molecule has 1 aliphatic carbocycles. The van der Waals surface area contributed by atoms with Crippen LogP contribution in [0.25, 0.3) is 0 Å². The number of hydrogen-bond donors (Lipinski definition) is 2. The Morgan fingerprint density at radius 1 is 1.40 bits per heavy atom. The van der Waals surface area contributed by atoms with E-state index in [-0.39, 0.29) is 18.5 Å². The lowest BCUT2D eigenvalue weighted by Gasteiger charge is -2.25. The largest absolute Gasteiger partial charge is 0.489 e. The van der Waals surface area contributed by atoms with E-state index >= 15 is 0 Å². The zero-order valence-electron chi connectivity index (χ0n) is 11.0. The molecule has 0 spiro atoms. The normalized spacial score (nSPS) is 16.6. The Bertz CT molecular complexity index is 554. The van der Waals surface area contributed by atoms with Crippen molar-refractivity contribution in [2.75, 3.05) is 25.0 Å². The summed E-state index contributed by atoms with van der Waals surface area (Å²) in [6, 6.07) is 5.36. The number of anilines is 1. The van der Waals surface area contributed by atoms with Gasteiger partial charge < -0.3 is 20.1 Å². The number of ether oxygens (including phenoxy) is 1. The molecule has 1 aliphatic heterocycles. The van der Waals surface area contributed by atoms with E-state index in [9.17, 15) is 9.59 Å². The van der Waals surface area contributed by atoms with Crippen molar-refractivity contribution in [3.63, 3.8) is 0 Å². The molecule has 0 aromatic heterocycles. The van der Waals surface area contributed by atoms with Crippen LogP contribution < -0.4 is 10.1 Å². The van der Waals surface area contributed by atoms with Gasteiger partial charge in [0.25, 0.3) is 5.91 Å². The van der Waals surface area contributed by atoms with Crippen molar-refractivity contribution in [2.45, 2.75) is 18.9 Å². The fourth-order valence-electron chi connectivity index (χ4n) is 2.39. The van der Waals surface area contributed by atoms with E-state index in [4.69, 9.17) is 9.84 Å². The van der Waals surface area contributed by atoms with Gasteiger partial charge in [0.1, 0.15) is 13.2 Å². The minimum absolute atomic E-state index is 0.0472. The highest BCUT2D eigenvalue weighted by Crippen LogP contribution is 2.34.